The molecule has 1 aliphatic carbocycles. The van der Waals surface area contributed by atoms with Gasteiger partial charge in [-0.3, -0.25) is 9.59 Å². The zero-order valence-electron chi connectivity index (χ0n) is 25.5. The third-order valence-corrected chi connectivity index (χ3v) is 10.5. The Morgan fingerprint density at radius 2 is 1.83 bits per heavy atom. The largest absolute Gasteiger partial charge is 0.479 e. The molecule has 3 fully saturated rings. The summed E-state index contributed by atoms with van der Waals surface area (Å²) in [4.78, 5) is 52.5. The summed E-state index contributed by atoms with van der Waals surface area (Å²) in [5.74, 6) is -2.21. The third kappa shape index (κ3) is 8.68. The SMILES string of the molecule is CCCCC/C=C\C1C[C@]1(NC(=O)C1CCCN1C(=O)CNC(=O)NC(CN1CCCCS1(=O)=O)C(C)(C)C)C(=O)O. The van der Waals surface area contributed by atoms with Crippen LogP contribution in [0.4, 0.5) is 4.79 Å². The first-order valence-electron chi connectivity index (χ1n) is 15.2. The molecule has 0 radical (unpaired) electrons. The monoisotopic (exact) mass is 611 g/mol. The molecule has 13 heteroatoms. The average molecular weight is 612 g/mol. The maximum Gasteiger partial charge on any atom is 0.330 e. The quantitative estimate of drug-likeness (QED) is 0.183. The Bertz CT molecular complexity index is 1140. The van der Waals surface area contributed by atoms with Crippen LogP contribution in [0.15, 0.2) is 12.2 Å². The molecule has 12 nitrogen and oxygen atoms in total. The van der Waals surface area contributed by atoms with Gasteiger partial charge in [-0.2, -0.15) is 4.31 Å². The maximum absolute atomic E-state index is 13.2. The normalized spacial score (nSPS) is 26.5. The molecule has 3 rings (SSSR count). The lowest BCUT2D eigenvalue weighted by Crippen LogP contribution is -2.57. The lowest BCUT2D eigenvalue weighted by Gasteiger charge is -2.36. The number of sulfonamides is 1. The van der Waals surface area contributed by atoms with Gasteiger partial charge in [-0.15, -0.1) is 0 Å². The van der Waals surface area contributed by atoms with Gasteiger partial charge in [0.15, 0.2) is 0 Å². The molecule has 4 amide bonds. The van der Waals surface area contributed by atoms with Crippen LogP contribution < -0.4 is 16.0 Å². The smallest absolute Gasteiger partial charge is 0.330 e. The Balaban J connectivity index is 1.53. The number of hydrogen-bond donors (Lipinski definition) is 4. The molecule has 2 saturated heterocycles. The van der Waals surface area contributed by atoms with Crippen LogP contribution in [0, 0.1) is 11.3 Å². The number of nitrogens with one attached hydrogen (secondary N) is 3. The number of likely N-dealkylation sites (tertiary alicyclic amines) is 1. The number of allylic oxidation sites excluding steroid dienone is 1. The van der Waals surface area contributed by atoms with E-state index in [-0.39, 0.29) is 24.8 Å². The molecule has 2 aliphatic heterocycles. The van der Waals surface area contributed by atoms with Crippen LogP contribution in [-0.2, 0) is 24.4 Å². The molecule has 3 aliphatic rings. The first-order chi connectivity index (χ1) is 19.7. The van der Waals surface area contributed by atoms with Gasteiger partial charge in [-0.25, -0.2) is 18.0 Å². The molecule has 1 saturated carbocycles. The minimum Gasteiger partial charge on any atom is -0.479 e. The van der Waals surface area contributed by atoms with E-state index in [4.69, 9.17) is 0 Å². The van der Waals surface area contributed by atoms with Crippen LogP contribution in [0.1, 0.15) is 85.5 Å². The van der Waals surface area contributed by atoms with Crippen molar-refractivity contribution >= 4 is 33.8 Å². The van der Waals surface area contributed by atoms with E-state index < -0.39 is 56.9 Å². The number of nitrogens with zero attached hydrogens (tertiary/aromatic N) is 2. The molecule has 0 aromatic rings. The molecular weight excluding hydrogens is 562 g/mol. The van der Waals surface area contributed by atoms with Crippen molar-refractivity contribution < 1.29 is 32.7 Å². The van der Waals surface area contributed by atoms with E-state index in [0.29, 0.717) is 38.8 Å². The first kappa shape index (κ1) is 33.8. The van der Waals surface area contributed by atoms with E-state index in [0.717, 1.165) is 32.1 Å². The number of rotatable bonds is 13. The predicted molar refractivity (Wildman–Crippen MR) is 159 cm³/mol. The summed E-state index contributed by atoms with van der Waals surface area (Å²) >= 11 is 0. The molecule has 0 bridgehead atoms. The van der Waals surface area contributed by atoms with Crippen LogP contribution in [0.2, 0.25) is 0 Å². The second-order valence-corrected chi connectivity index (χ2v) is 15.0. The molecule has 3 unspecified atom stereocenters. The predicted octanol–water partition coefficient (Wildman–Crippen LogP) is 2.21. The van der Waals surface area contributed by atoms with Gasteiger partial charge in [0.2, 0.25) is 21.8 Å². The molecule has 2 heterocycles. The number of urea groups is 1. The standard InChI is InChI=1S/C29H49N5O7S/c1-5-6-7-8-9-13-21-18-29(21,26(37)38)32-25(36)22-14-12-16-34(22)24(35)19-30-27(39)31-23(28(2,3)4)20-33-15-10-11-17-42(33,40)41/h9,13,21-23H,5-8,10-12,14-20H2,1-4H3,(H,32,36)(H,37,38)(H2,30,31,39)/b13-9-/t21?,22?,23?,29-/m1/s1. The second-order valence-electron chi connectivity index (χ2n) is 12.9. The fraction of sp³-hybridized carbons (Fsp3) is 0.793. The van der Waals surface area contributed by atoms with Gasteiger partial charge < -0.3 is 26.0 Å². The van der Waals surface area contributed by atoms with Crippen molar-refractivity contribution in [1.82, 2.24) is 25.2 Å². The number of carbonyl (C=O) groups excluding carboxylic acids is 3. The molecule has 0 aromatic carbocycles. The molecule has 0 spiro atoms. The summed E-state index contributed by atoms with van der Waals surface area (Å²) in [5.41, 5.74) is -1.80. The molecule has 4 atom stereocenters. The lowest BCUT2D eigenvalue weighted by atomic mass is 9.86. The number of carbonyl (C=O) groups is 4. The number of hydrogen-bond acceptors (Lipinski definition) is 6. The first-order valence-corrected chi connectivity index (χ1v) is 16.9. The molecule has 4 N–H and O–H groups in total. The Hall–Kier alpha value is -2.67. The van der Waals surface area contributed by atoms with Gasteiger partial charge in [-0.05, 0) is 50.4 Å². The highest BCUT2D eigenvalue weighted by Gasteiger charge is 2.61. The van der Waals surface area contributed by atoms with Crippen molar-refractivity contribution in [3.63, 3.8) is 0 Å². The number of carboxylic acids is 1. The fourth-order valence-electron chi connectivity index (χ4n) is 5.63. The number of unbranched alkanes of at least 4 members (excludes halogenated alkanes) is 3. The number of amides is 4. The zero-order valence-corrected chi connectivity index (χ0v) is 26.3. The summed E-state index contributed by atoms with van der Waals surface area (Å²) in [5, 5.41) is 18.0. The Morgan fingerprint density at radius 1 is 1.10 bits per heavy atom. The van der Waals surface area contributed by atoms with Gasteiger partial charge in [0, 0.05) is 31.6 Å². The number of aliphatic carboxylic acids is 1. The highest BCUT2D eigenvalue weighted by Crippen LogP contribution is 2.45. The minimum absolute atomic E-state index is 0.0964. The Morgan fingerprint density at radius 3 is 2.48 bits per heavy atom. The van der Waals surface area contributed by atoms with Crippen LogP contribution >= 0.6 is 0 Å². The summed E-state index contributed by atoms with van der Waals surface area (Å²) in [6, 6.07) is -1.90. The zero-order chi connectivity index (χ0) is 31.1. The summed E-state index contributed by atoms with van der Waals surface area (Å²) in [6.45, 7) is 8.38. The average Bonchev–Trinajstić information content (AvgIpc) is 3.37. The highest BCUT2D eigenvalue weighted by molar-refractivity contribution is 7.89. The van der Waals surface area contributed by atoms with Crippen LogP contribution in [0.5, 0.6) is 0 Å². The number of carboxylic acid groups (broad SMARTS) is 1. The van der Waals surface area contributed by atoms with Gasteiger partial charge in [0.1, 0.15) is 11.6 Å². The van der Waals surface area contributed by atoms with E-state index in [1.165, 1.54) is 9.21 Å². The van der Waals surface area contributed by atoms with Gasteiger partial charge >= 0.3 is 12.0 Å². The van der Waals surface area contributed by atoms with Gasteiger partial charge in [0.25, 0.3) is 0 Å². The van der Waals surface area contributed by atoms with Crippen molar-refractivity contribution in [3.8, 4) is 0 Å². The summed E-state index contributed by atoms with van der Waals surface area (Å²) in [7, 11) is -3.37. The van der Waals surface area contributed by atoms with E-state index in [9.17, 15) is 32.7 Å². The van der Waals surface area contributed by atoms with Crippen LogP contribution in [-0.4, -0.2) is 96.1 Å². The maximum atomic E-state index is 13.2. The summed E-state index contributed by atoms with van der Waals surface area (Å²) < 4.78 is 26.4. The van der Waals surface area contributed by atoms with Crippen molar-refractivity contribution in [2.45, 2.75) is 103 Å². The second kappa shape index (κ2) is 14.2. The van der Waals surface area contributed by atoms with Crippen molar-refractivity contribution in [2.75, 3.05) is 31.9 Å². The van der Waals surface area contributed by atoms with E-state index >= 15 is 0 Å². The Kier molecular flexibility index (Phi) is 11.4. The van der Waals surface area contributed by atoms with Gasteiger partial charge in [-0.1, -0.05) is 52.7 Å². The summed E-state index contributed by atoms with van der Waals surface area (Å²) in [6.07, 6.45) is 10.7. The lowest BCUT2D eigenvalue weighted by molar-refractivity contribution is -0.145. The molecule has 238 valence electrons. The van der Waals surface area contributed by atoms with Crippen LogP contribution in [0.25, 0.3) is 0 Å². The van der Waals surface area contributed by atoms with E-state index in [2.05, 4.69) is 22.9 Å². The fourth-order valence-corrected chi connectivity index (χ4v) is 7.24. The molecule has 0 aromatic heterocycles. The van der Waals surface area contributed by atoms with Crippen molar-refractivity contribution in [1.29, 1.82) is 0 Å². The molecular formula is C29H49N5O7S. The third-order valence-electron chi connectivity index (χ3n) is 8.55. The highest BCUT2D eigenvalue weighted by atomic mass is 32.2. The topological polar surface area (TPSA) is 165 Å². The van der Waals surface area contributed by atoms with Gasteiger partial charge in [0.05, 0.1) is 12.3 Å². The van der Waals surface area contributed by atoms with Crippen molar-refractivity contribution in [2.24, 2.45) is 11.3 Å². The Labute approximate surface area is 250 Å². The molecule has 42 heavy (non-hydrogen) atoms. The van der Waals surface area contributed by atoms with E-state index in [1.54, 1.807) is 0 Å². The van der Waals surface area contributed by atoms with Crippen LogP contribution in [0.3, 0.4) is 0 Å². The van der Waals surface area contributed by atoms with E-state index in [1.807, 2.05) is 32.9 Å². The minimum atomic E-state index is -3.37. The van der Waals surface area contributed by atoms with Crippen molar-refractivity contribution in [3.05, 3.63) is 12.2 Å².